The van der Waals surface area contributed by atoms with Crippen molar-refractivity contribution in [2.75, 3.05) is 7.11 Å². The second-order valence-corrected chi connectivity index (χ2v) is 7.50. The van der Waals surface area contributed by atoms with Crippen LogP contribution >= 0.6 is 0 Å². The van der Waals surface area contributed by atoms with Gasteiger partial charge in [-0.15, -0.1) is 0 Å². The van der Waals surface area contributed by atoms with Crippen LogP contribution in [-0.2, 0) is 4.43 Å². The Morgan fingerprint density at radius 1 is 1.17 bits per heavy atom. The largest absolute Gasteiger partial charge is 0.416 e. The number of aryl methyl sites for hydroxylation is 1. The number of benzene rings is 1. The van der Waals surface area contributed by atoms with Crippen molar-refractivity contribution in [2.24, 2.45) is 0 Å². The van der Waals surface area contributed by atoms with Gasteiger partial charge in [0.05, 0.1) is 0 Å². The van der Waals surface area contributed by atoms with Crippen molar-refractivity contribution >= 4 is 13.5 Å². The van der Waals surface area contributed by atoms with Crippen molar-refractivity contribution in [3.8, 4) is 0 Å². The molecule has 0 aromatic heterocycles. The fourth-order valence-corrected chi connectivity index (χ4v) is 3.11. The summed E-state index contributed by atoms with van der Waals surface area (Å²) in [4.78, 5) is 0. The molecule has 0 bridgehead atoms. The second-order valence-electron chi connectivity index (χ2n) is 3.53. The van der Waals surface area contributed by atoms with Gasteiger partial charge >= 0.3 is 0 Å². The van der Waals surface area contributed by atoms with Crippen LogP contribution in [0.2, 0.25) is 13.1 Å². The van der Waals surface area contributed by atoms with Crippen LogP contribution in [0.5, 0.6) is 0 Å². The summed E-state index contributed by atoms with van der Waals surface area (Å²) in [5.41, 5.74) is 1.34. The molecule has 1 nitrogen and oxygen atoms in total. The standard InChI is InChI=1S/C10H16OSi/c1-9-7-5-6-8-10(9)12(3,4)11-2/h5-8H,1-4H3. The highest BCUT2D eigenvalue weighted by Crippen LogP contribution is 2.06. The van der Waals surface area contributed by atoms with Gasteiger partial charge < -0.3 is 4.43 Å². The zero-order valence-electron chi connectivity index (χ0n) is 8.22. The Kier molecular flexibility index (Phi) is 2.70. The topological polar surface area (TPSA) is 9.23 Å². The summed E-state index contributed by atoms with van der Waals surface area (Å²) in [5, 5.41) is 1.40. The molecule has 0 unspecified atom stereocenters. The van der Waals surface area contributed by atoms with Gasteiger partial charge in [-0.3, -0.25) is 0 Å². The molecule has 0 amide bonds. The minimum absolute atomic E-state index is 1.34. The third-order valence-corrected chi connectivity index (χ3v) is 5.18. The van der Waals surface area contributed by atoms with Crippen LogP contribution in [0.25, 0.3) is 0 Å². The molecule has 0 heterocycles. The van der Waals surface area contributed by atoms with Gasteiger partial charge in [-0.25, -0.2) is 0 Å². The lowest BCUT2D eigenvalue weighted by Crippen LogP contribution is -2.45. The molecule has 0 saturated carbocycles. The summed E-state index contributed by atoms with van der Waals surface area (Å²) >= 11 is 0. The van der Waals surface area contributed by atoms with Gasteiger partial charge in [0.25, 0.3) is 0 Å². The molecule has 12 heavy (non-hydrogen) atoms. The molecule has 2 heteroatoms. The first-order chi connectivity index (χ1) is 5.58. The summed E-state index contributed by atoms with van der Waals surface area (Å²) in [6, 6.07) is 8.46. The van der Waals surface area contributed by atoms with Crippen molar-refractivity contribution in [3.63, 3.8) is 0 Å². The maximum atomic E-state index is 5.54. The van der Waals surface area contributed by atoms with Gasteiger partial charge in [0, 0.05) is 7.11 Å². The predicted molar refractivity (Wildman–Crippen MR) is 55.3 cm³/mol. The number of hydrogen-bond donors (Lipinski definition) is 0. The smallest absolute Gasteiger partial charge is 0.217 e. The Morgan fingerprint density at radius 3 is 2.25 bits per heavy atom. The Bertz CT molecular complexity index is 268. The molecule has 1 aromatic carbocycles. The average molecular weight is 180 g/mol. The van der Waals surface area contributed by atoms with E-state index < -0.39 is 8.32 Å². The number of rotatable bonds is 2. The molecule has 0 aliphatic carbocycles. The molecular formula is C10H16OSi. The lowest BCUT2D eigenvalue weighted by Gasteiger charge is -2.22. The van der Waals surface area contributed by atoms with E-state index in [0.29, 0.717) is 0 Å². The summed E-state index contributed by atoms with van der Waals surface area (Å²) in [7, 11) is 0.206. The Hall–Kier alpha value is -0.603. The lowest BCUT2D eigenvalue weighted by atomic mass is 10.2. The predicted octanol–water partition coefficient (Wildman–Crippen LogP) is 2.05. The van der Waals surface area contributed by atoms with Gasteiger partial charge in [0.1, 0.15) is 0 Å². The molecule has 0 fully saturated rings. The highest BCUT2D eigenvalue weighted by molar-refractivity contribution is 6.84. The Morgan fingerprint density at radius 2 is 1.75 bits per heavy atom. The van der Waals surface area contributed by atoms with Crippen LogP contribution in [0.3, 0.4) is 0 Å². The molecule has 0 saturated heterocycles. The average Bonchev–Trinajstić information content (AvgIpc) is 2.05. The minimum Gasteiger partial charge on any atom is -0.416 e. The zero-order valence-corrected chi connectivity index (χ0v) is 9.22. The van der Waals surface area contributed by atoms with Crippen molar-refractivity contribution < 1.29 is 4.43 Å². The van der Waals surface area contributed by atoms with Crippen LogP contribution < -0.4 is 5.19 Å². The summed E-state index contributed by atoms with van der Waals surface area (Å²) in [6.07, 6.45) is 0. The molecule has 0 atom stereocenters. The third-order valence-electron chi connectivity index (χ3n) is 2.30. The summed E-state index contributed by atoms with van der Waals surface area (Å²) in [5.74, 6) is 0. The first kappa shape index (κ1) is 9.48. The second kappa shape index (κ2) is 3.41. The summed E-state index contributed by atoms with van der Waals surface area (Å²) in [6.45, 7) is 6.58. The van der Waals surface area contributed by atoms with Crippen LogP contribution in [0.4, 0.5) is 0 Å². The van der Waals surface area contributed by atoms with E-state index in [1.165, 1.54) is 10.8 Å². The van der Waals surface area contributed by atoms with E-state index in [9.17, 15) is 0 Å². The summed E-state index contributed by atoms with van der Waals surface area (Å²) < 4.78 is 5.54. The van der Waals surface area contributed by atoms with Crippen molar-refractivity contribution in [3.05, 3.63) is 29.8 Å². The SMILES string of the molecule is CO[Si](C)(C)c1ccccc1C. The number of hydrogen-bond acceptors (Lipinski definition) is 1. The van der Waals surface area contributed by atoms with Crippen LogP contribution in [-0.4, -0.2) is 15.4 Å². The monoisotopic (exact) mass is 180 g/mol. The Balaban J connectivity index is 3.10. The normalized spacial score (nSPS) is 11.7. The van der Waals surface area contributed by atoms with Gasteiger partial charge in [-0.2, -0.15) is 0 Å². The van der Waals surface area contributed by atoms with E-state index >= 15 is 0 Å². The lowest BCUT2D eigenvalue weighted by molar-refractivity contribution is 0.416. The minimum atomic E-state index is -1.60. The van der Waals surface area contributed by atoms with E-state index in [1.54, 1.807) is 7.11 Å². The van der Waals surface area contributed by atoms with E-state index in [-0.39, 0.29) is 0 Å². The molecule has 66 valence electrons. The van der Waals surface area contributed by atoms with Gasteiger partial charge in [0.2, 0.25) is 8.32 Å². The van der Waals surface area contributed by atoms with Crippen LogP contribution in [0, 0.1) is 6.92 Å². The molecule has 0 spiro atoms. The Labute approximate surface area is 75.5 Å². The molecule has 0 aliphatic heterocycles. The molecule has 0 radical (unpaired) electrons. The molecule has 0 aliphatic rings. The van der Waals surface area contributed by atoms with Crippen LogP contribution in [0.15, 0.2) is 24.3 Å². The van der Waals surface area contributed by atoms with Gasteiger partial charge in [0.15, 0.2) is 0 Å². The molecule has 1 rings (SSSR count). The van der Waals surface area contributed by atoms with Crippen molar-refractivity contribution in [2.45, 2.75) is 20.0 Å². The third kappa shape index (κ3) is 1.76. The quantitative estimate of drug-likeness (QED) is 0.633. The first-order valence-electron chi connectivity index (χ1n) is 4.19. The maximum absolute atomic E-state index is 5.54. The van der Waals surface area contributed by atoms with E-state index in [2.05, 4.69) is 44.3 Å². The molecular weight excluding hydrogens is 164 g/mol. The molecule has 1 aromatic rings. The van der Waals surface area contributed by atoms with Crippen molar-refractivity contribution in [1.29, 1.82) is 0 Å². The van der Waals surface area contributed by atoms with Gasteiger partial charge in [-0.05, 0) is 30.8 Å². The fourth-order valence-electron chi connectivity index (χ4n) is 1.36. The molecule has 0 N–H and O–H groups in total. The van der Waals surface area contributed by atoms with Crippen molar-refractivity contribution in [1.82, 2.24) is 0 Å². The first-order valence-corrected chi connectivity index (χ1v) is 7.10. The fraction of sp³-hybridized carbons (Fsp3) is 0.400. The highest BCUT2D eigenvalue weighted by atomic mass is 28.4. The maximum Gasteiger partial charge on any atom is 0.217 e. The van der Waals surface area contributed by atoms with E-state index in [0.717, 1.165) is 0 Å². The highest BCUT2D eigenvalue weighted by Gasteiger charge is 2.24. The van der Waals surface area contributed by atoms with Crippen LogP contribution in [0.1, 0.15) is 5.56 Å². The van der Waals surface area contributed by atoms with E-state index in [1.807, 2.05) is 0 Å². The van der Waals surface area contributed by atoms with E-state index in [4.69, 9.17) is 4.43 Å². The zero-order chi connectivity index (χ0) is 9.19. The van der Waals surface area contributed by atoms with Gasteiger partial charge in [-0.1, -0.05) is 24.3 Å².